The van der Waals surface area contributed by atoms with Crippen LogP contribution in [0.3, 0.4) is 0 Å². The van der Waals surface area contributed by atoms with Gasteiger partial charge in [-0.1, -0.05) is 15.9 Å². The fourth-order valence-electron chi connectivity index (χ4n) is 2.53. The van der Waals surface area contributed by atoms with Crippen LogP contribution in [0.15, 0.2) is 22.7 Å². The van der Waals surface area contributed by atoms with Gasteiger partial charge in [0.2, 0.25) is 5.91 Å². The molecule has 1 N–H and O–H groups in total. The van der Waals surface area contributed by atoms with Gasteiger partial charge in [0.1, 0.15) is 5.82 Å². The fourth-order valence-corrected chi connectivity index (χ4v) is 2.89. The monoisotopic (exact) mass is 353 g/mol. The summed E-state index contributed by atoms with van der Waals surface area (Å²) in [6.07, 6.45) is -5.47. The second kappa shape index (κ2) is 5.02. The molecule has 1 saturated heterocycles. The van der Waals surface area contributed by atoms with E-state index in [1.807, 2.05) is 0 Å². The van der Waals surface area contributed by atoms with E-state index in [2.05, 4.69) is 21.2 Å². The van der Waals surface area contributed by atoms with Crippen molar-refractivity contribution in [1.29, 1.82) is 0 Å². The lowest BCUT2D eigenvalue weighted by atomic mass is 9.78. The summed E-state index contributed by atoms with van der Waals surface area (Å²) >= 11 is 3.16. The van der Waals surface area contributed by atoms with Crippen molar-refractivity contribution in [3.8, 4) is 0 Å². The van der Waals surface area contributed by atoms with Gasteiger partial charge in [-0.3, -0.25) is 4.79 Å². The molecule has 1 aliphatic heterocycles. The van der Waals surface area contributed by atoms with Crippen LogP contribution in [0, 0.1) is 11.7 Å². The van der Waals surface area contributed by atoms with Crippen molar-refractivity contribution in [2.75, 3.05) is 0 Å². The van der Waals surface area contributed by atoms with Crippen molar-refractivity contribution in [3.05, 3.63) is 34.1 Å². The molecular formula is C13H12BrF4NO. The van der Waals surface area contributed by atoms with Gasteiger partial charge >= 0.3 is 6.18 Å². The highest BCUT2D eigenvalue weighted by Gasteiger charge is 2.49. The molecule has 1 heterocycles. The van der Waals surface area contributed by atoms with E-state index in [1.54, 1.807) is 0 Å². The van der Waals surface area contributed by atoms with Crippen molar-refractivity contribution >= 4 is 21.8 Å². The molecule has 1 fully saturated rings. The first-order valence-corrected chi connectivity index (χ1v) is 6.74. The zero-order valence-corrected chi connectivity index (χ0v) is 12.1. The van der Waals surface area contributed by atoms with Gasteiger partial charge < -0.3 is 5.32 Å². The van der Waals surface area contributed by atoms with Crippen LogP contribution in [0.4, 0.5) is 17.6 Å². The average Bonchev–Trinajstić information content (AvgIpc) is 2.30. The second-order valence-corrected chi connectivity index (χ2v) is 6.07. The number of nitrogens with one attached hydrogen (secondary N) is 1. The van der Waals surface area contributed by atoms with Crippen LogP contribution in [0.25, 0.3) is 0 Å². The Kier molecular flexibility index (Phi) is 3.83. The third kappa shape index (κ3) is 2.97. The molecule has 7 heteroatoms. The third-order valence-corrected chi connectivity index (χ3v) is 3.98. The molecule has 110 valence electrons. The van der Waals surface area contributed by atoms with Crippen molar-refractivity contribution in [1.82, 2.24) is 5.32 Å². The molecule has 0 bridgehead atoms. The van der Waals surface area contributed by atoms with Gasteiger partial charge in [-0.2, -0.15) is 13.2 Å². The third-order valence-electron chi connectivity index (χ3n) is 3.49. The zero-order valence-electron chi connectivity index (χ0n) is 10.5. The van der Waals surface area contributed by atoms with E-state index in [4.69, 9.17) is 0 Å². The second-order valence-electron chi connectivity index (χ2n) is 5.15. The molecule has 1 amide bonds. The Morgan fingerprint density at radius 2 is 2.05 bits per heavy atom. The van der Waals surface area contributed by atoms with Crippen LogP contribution in [-0.4, -0.2) is 12.1 Å². The van der Waals surface area contributed by atoms with Crippen molar-refractivity contribution in [3.63, 3.8) is 0 Å². The largest absolute Gasteiger partial charge is 0.392 e. The van der Waals surface area contributed by atoms with E-state index < -0.39 is 35.8 Å². The Morgan fingerprint density at radius 3 is 2.65 bits per heavy atom. The number of carbonyl (C=O) groups excluding carboxylic acids is 1. The van der Waals surface area contributed by atoms with Crippen LogP contribution in [0.5, 0.6) is 0 Å². The lowest BCUT2D eigenvalue weighted by molar-refractivity contribution is -0.190. The molecule has 2 unspecified atom stereocenters. The standard InChI is InChI=1S/C13H12BrF4NO/c1-12(9-5-8(14)2-3-10(9)15)6-7(13(16,17)18)4-11(20)19-12/h2-3,5,7H,4,6H2,1H3,(H,19,20). The summed E-state index contributed by atoms with van der Waals surface area (Å²) in [7, 11) is 0. The van der Waals surface area contributed by atoms with Crippen molar-refractivity contribution < 1.29 is 22.4 Å². The number of carbonyl (C=O) groups is 1. The number of amides is 1. The SMILES string of the molecule is CC1(c2cc(Br)ccc2F)CC(C(F)(F)F)CC(=O)N1. The van der Waals surface area contributed by atoms with Crippen molar-refractivity contribution in [2.24, 2.45) is 5.92 Å². The molecule has 0 aliphatic carbocycles. The number of benzene rings is 1. The lowest BCUT2D eigenvalue weighted by Crippen LogP contribution is -2.52. The normalized spacial score (nSPS) is 27.3. The highest BCUT2D eigenvalue weighted by molar-refractivity contribution is 9.10. The topological polar surface area (TPSA) is 29.1 Å². The molecule has 1 aromatic carbocycles. The Labute approximate surface area is 121 Å². The van der Waals surface area contributed by atoms with Gasteiger partial charge in [-0.05, 0) is 31.5 Å². The summed E-state index contributed by atoms with van der Waals surface area (Å²) in [6.45, 7) is 1.41. The van der Waals surface area contributed by atoms with Crippen LogP contribution < -0.4 is 5.32 Å². The van der Waals surface area contributed by atoms with Gasteiger partial charge in [0.15, 0.2) is 0 Å². The minimum atomic E-state index is -4.47. The smallest absolute Gasteiger partial charge is 0.347 e. The van der Waals surface area contributed by atoms with Crippen molar-refractivity contribution in [2.45, 2.75) is 31.5 Å². The number of halogens is 5. The highest BCUT2D eigenvalue weighted by Crippen LogP contribution is 2.42. The number of alkyl halides is 3. The predicted octanol–water partition coefficient (Wildman–Crippen LogP) is 3.89. The summed E-state index contributed by atoms with van der Waals surface area (Å²) in [5, 5.41) is 2.48. The molecular weight excluding hydrogens is 342 g/mol. The molecule has 0 radical (unpaired) electrons. The summed E-state index contributed by atoms with van der Waals surface area (Å²) < 4.78 is 53.0. The first-order valence-electron chi connectivity index (χ1n) is 5.95. The van der Waals surface area contributed by atoms with Gasteiger partial charge in [-0.15, -0.1) is 0 Å². The van der Waals surface area contributed by atoms with Gasteiger partial charge in [-0.25, -0.2) is 4.39 Å². The van der Waals surface area contributed by atoms with Crippen LogP contribution >= 0.6 is 15.9 Å². The Balaban J connectivity index is 2.42. The van der Waals surface area contributed by atoms with E-state index in [1.165, 1.54) is 19.1 Å². The average molecular weight is 354 g/mol. The summed E-state index contributed by atoms with van der Waals surface area (Å²) in [4.78, 5) is 11.6. The van der Waals surface area contributed by atoms with Gasteiger partial charge in [0.25, 0.3) is 0 Å². The van der Waals surface area contributed by atoms with Crippen LogP contribution in [-0.2, 0) is 10.3 Å². The van der Waals surface area contributed by atoms with Crippen LogP contribution in [0.1, 0.15) is 25.3 Å². The van der Waals surface area contributed by atoms with E-state index in [-0.39, 0.29) is 12.0 Å². The predicted molar refractivity (Wildman–Crippen MR) is 68.4 cm³/mol. The van der Waals surface area contributed by atoms with E-state index in [0.29, 0.717) is 4.47 Å². The lowest BCUT2D eigenvalue weighted by Gasteiger charge is -2.40. The maximum absolute atomic E-state index is 13.9. The Morgan fingerprint density at radius 1 is 1.40 bits per heavy atom. The Bertz CT molecular complexity index is 546. The number of piperidine rings is 1. The number of hydrogen-bond acceptors (Lipinski definition) is 1. The zero-order chi connectivity index (χ0) is 15.1. The number of hydrogen-bond donors (Lipinski definition) is 1. The van der Waals surface area contributed by atoms with Crippen LogP contribution in [0.2, 0.25) is 0 Å². The Hall–Kier alpha value is -1.11. The van der Waals surface area contributed by atoms with E-state index >= 15 is 0 Å². The molecule has 0 saturated carbocycles. The minimum Gasteiger partial charge on any atom is -0.347 e. The number of rotatable bonds is 1. The highest BCUT2D eigenvalue weighted by atomic mass is 79.9. The van der Waals surface area contributed by atoms with Gasteiger partial charge in [0.05, 0.1) is 11.5 Å². The maximum Gasteiger partial charge on any atom is 0.392 e. The molecule has 2 nitrogen and oxygen atoms in total. The minimum absolute atomic E-state index is 0.0502. The first kappa shape index (κ1) is 15.3. The molecule has 0 spiro atoms. The maximum atomic E-state index is 13.9. The fraction of sp³-hybridized carbons (Fsp3) is 0.462. The van der Waals surface area contributed by atoms with E-state index in [9.17, 15) is 22.4 Å². The first-order chi connectivity index (χ1) is 9.12. The molecule has 0 aromatic heterocycles. The molecule has 1 aromatic rings. The molecule has 20 heavy (non-hydrogen) atoms. The van der Waals surface area contributed by atoms with E-state index in [0.717, 1.165) is 6.07 Å². The van der Waals surface area contributed by atoms with Gasteiger partial charge in [0, 0.05) is 16.5 Å². The summed E-state index contributed by atoms with van der Waals surface area (Å²) in [5.41, 5.74) is -1.32. The molecule has 1 aliphatic rings. The summed E-state index contributed by atoms with van der Waals surface area (Å²) in [6, 6.07) is 4.01. The molecule has 2 atom stereocenters. The molecule has 2 rings (SSSR count). The summed E-state index contributed by atoms with van der Waals surface area (Å²) in [5.74, 6) is -3.13. The quantitative estimate of drug-likeness (QED) is 0.762.